The van der Waals surface area contributed by atoms with Crippen LogP contribution >= 0.6 is 0 Å². The van der Waals surface area contributed by atoms with Gasteiger partial charge in [0.05, 0.1) is 0 Å². The summed E-state index contributed by atoms with van der Waals surface area (Å²) >= 11 is 0. The molecule has 0 spiro atoms. The first-order valence-electron chi connectivity index (χ1n) is 9.00. The number of fused-ring (bicyclic) bond motifs is 3. The summed E-state index contributed by atoms with van der Waals surface area (Å²) < 4.78 is 0. The van der Waals surface area contributed by atoms with E-state index in [1.807, 2.05) is 0 Å². The maximum atomic E-state index is 5.39. The third-order valence-corrected chi connectivity index (χ3v) is 4.49. The Balaban J connectivity index is 2.24. The molecular formula is C26H22. The van der Waals surface area contributed by atoms with E-state index in [0.717, 1.165) is 25.7 Å². The second-order valence-electron chi connectivity index (χ2n) is 6.21. The zero-order valence-electron chi connectivity index (χ0n) is 14.9. The number of rotatable bonds is 6. The Bertz CT molecular complexity index is 962. The number of hydrogen-bond donors (Lipinski definition) is 0. The summed E-state index contributed by atoms with van der Waals surface area (Å²) in [4.78, 5) is 0. The molecule has 0 unspecified atom stereocenters. The molecule has 26 heavy (non-hydrogen) atoms. The molecule has 0 radical (unpaired) electrons. The summed E-state index contributed by atoms with van der Waals surface area (Å²) in [7, 11) is 0. The molecule has 0 aliphatic rings. The van der Waals surface area contributed by atoms with Crippen molar-refractivity contribution >= 4 is 33.7 Å². The second kappa shape index (κ2) is 8.75. The molecule has 3 aromatic carbocycles. The number of unbranched alkanes of at least 4 members (excludes halogenated alkanes) is 2. The van der Waals surface area contributed by atoms with E-state index in [1.165, 1.54) is 32.7 Å². The number of hydrogen-bond acceptors (Lipinski definition) is 0. The van der Waals surface area contributed by atoms with Crippen molar-refractivity contribution < 1.29 is 0 Å². The van der Waals surface area contributed by atoms with Crippen molar-refractivity contribution in [1.82, 2.24) is 0 Å². The van der Waals surface area contributed by atoms with E-state index < -0.39 is 0 Å². The average Bonchev–Trinajstić information content (AvgIpc) is 2.69. The van der Waals surface area contributed by atoms with Gasteiger partial charge in [0.2, 0.25) is 0 Å². The Kier molecular flexibility index (Phi) is 5.92. The molecule has 0 aliphatic carbocycles. The summed E-state index contributed by atoms with van der Waals surface area (Å²) in [6.07, 6.45) is 22.8. The number of benzene rings is 3. The van der Waals surface area contributed by atoms with Gasteiger partial charge in [0.25, 0.3) is 0 Å². The predicted molar refractivity (Wildman–Crippen MR) is 116 cm³/mol. The van der Waals surface area contributed by atoms with Gasteiger partial charge in [0.1, 0.15) is 0 Å². The monoisotopic (exact) mass is 334 g/mol. The van der Waals surface area contributed by atoms with Crippen molar-refractivity contribution in [2.75, 3.05) is 0 Å². The molecule has 0 heteroatoms. The maximum Gasteiger partial charge on any atom is 0.0121 e. The maximum absolute atomic E-state index is 5.39. The fourth-order valence-corrected chi connectivity index (χ4v) is 3.29. The highest BCUT2D eigenvalue weighted by molar-refractivity contribution is 6.14. The summed E-state index contributed by atoms with van der Waals surface area (Å²) in [5, 5.41) is 5.08. The third-order valence-electron chi connectivity index (χ3n) is 4.49. The molecule has 0 aliphatic heterocycles. The molecule has 0 amide bonds. The average molecular weight is 334 g/mol. The quantitative estimate of drug-likeness (QED) is 0.263. The molecule has 0 saturated heterocycles. The predicted octanol–water partition coefficient (Wildman–Crippen LogP) is 6.85. The van der Waals surface area contributed by atoms with Crippen LogP contribution in [0, 0.1) is 24.7 Å². The molecule has 3 rings (SSSR count). The Morgan fingerprint density at radius 3 is 1.38 bits per heavy atom. The molecular weight excluding hydrogens is 312 g/mol. The summed E-state index contributed by atoms with van der Waals surface area (Å²) in [5.74, 6) is 5.40. The van der Waals surface area contributed by atoms with Crippen LogP contribution in [0.3, 0.4) is 0 Å². The molecule has 0 bridgehead atoms. The van der Waals surface area contributed by atoms with Crippen LogP contribution in [-0.2, 0) is 0 Å². The second-order valence-corrected chi connectivity index (χ2v) is 6.21. The van der Waals surface area contributed by atoms with Crippen molar-refractivity contribution in [2.24, 2.45) is 0 Å². The minimum Gasteiger partial charge on any atom is -0.120 e. The first-order chi connectivity index (χ1) is 12.9. The lowest BCUT2D eigenvalue weighted by molar-refractivity contribution is 1.09. The van der Waals surface area contributed by atoms with Gasteiger partial charge in [-0.05, 0) is 45.5 Å². The summed E-state index contributed by atoms with van der Waals surface area (Å²) in [6, 6.07) is 17.2. The van der Waals surface area contributed by atoms with Crippen LogP contribution in [0.4, 0.5) is 0 Å². The molecule has 0 fully saturated rings. The molecule has 0 heterocycles. The van der Waals surface area contributed by atoms with E-state index in [4.69, 9.17) is 12.8 Å². The fraction of sp³-hybridized carbons (Fsp3) is 0.154. The van der Waals surface area contributed by atoms with Crippen molar-refractivity contribution in [2.45, 2.75) is 25.7 Å². The van der Waals surface area contributed by atoms with Crippen LogP contribution < -0.4 is 0 Å². The lowest BCUT2D eigenvalue weighted by Gasteiger charge is -2.13. The largest absolute Gasteiger partial charge is 0.120 e. The van der Waals surface area contributed by atoms with E-state index in [2.05, 4.69) is 84.7 Å². The van der Waals surface area contributed by atoms with Gasteiger partial charge in [-0.15, -0.1) is 24.7 Å². The topological polar surface area (TPSA) is 0 Å². The normalized spacial score (nSPS) is 11.3. The molecule has 0 aromatic heterocycles. The van der Waals surface area contributed by atoms with Crippen molar-refractivity contribution in [3.05, 3.63) is 71.8 Å². The summed E-state index contributed by atoms with van der Waals surface area (Å²) in [5.41, 5.74) is 2.49. The van der Waals surface area contributed by atoms with E-state index in [9.17, 15) is 0 Å². The molecule has 126 valence electrons. The molecule has 0 atom stereocenters. The Morgan fingerprint density at radius 1 is 0.615 bits per heavy atom. The highest BCUT2D eigenvalue weighted by Crippen LogP contribution is 2.34. The molecule has 3 aromatic rings. The third kappa shape index (κ3) is 3.72. The van der Waals surface area contributed by atoms with Gasteiger partial charge in [-0.2, -0.15) is 0 Å². The smallest absolute Gasteiger partial charge is 0.0121 e. The Morgan fingerprint density at radius 2 is 1.00 bits per heavy atom. The van der Waals surface area contributed by atoms with Crippen LogP contribution in [0.25, 0.3) is 33.7 Å². The van der Waals surface area contributed by atoms with Crippen molar-refractivity contribution in [1.29, 1.82) is 0 Å². The van der Waals surface area contributed by atoms with E-state index in [-0.39, 0.29) is 0 Å². The van der Waals surface area contributed by atoms with E-state index in [0.29, 0.717) is 0 Å². The van der Waals surface area contributed by atoms with Gasteiger partial charge in [-0.1, -0.05) is 72.8 Å². The van der Waals surface area contributed by atoms with Gasteiger partial charge in [0, 0.05) is 12.8 Å². The minimum atomic E-state index is 0.759. The van der Waals surface area contributed by atoms with Gasteiger partial charge in [-0.3, -0.25) is 0 Å². The summed E-state index contributed by atoms with van der Waals surface area (Å²) in [6.45, 7) is 0. The Labute approximate surface area is 156 Å². The van der Waals surface area contributed by atoms with Crippen LogP contribution in [-0.4, -0.2) is 0 Å². The van der Waals surface area contributed by atoms with Gasteiger partial charge in [0.15, 0.2) is 0 Å². The SMILES string of the molecule is C#CCC/C=C/c1c(/C=C/CCC#C)c2ccccc2c2ccccc12. The van der Waals surface area contributed by atoms with E-state index >= 15 is 0 Å². The molecule has 0 N–H and O–H groups in total. The Hall–Kier alpha value is -3.22. The highest BCUT2D eigenvalue weighted by Gasteiger charge is 2.10. The van der Waals surface area contributed by atoms with Gasteiger partial charge >= 0.3 is 0 Å². The molecule has 0 nitrogen and oxygen atoms in total. The zero-order chi connectivity index (χ0) is 18.2. The van der Waals surface area contributed by atoms with Crippen molar-refractivity contribution in [3.8, 4) is 24.7 Å². The first kappa shape index (κ1) is 17.6. The number of allylic oxidation sites excluding steroid dienone is 2. The minimum absolute atomic E-state index is 0.759. The van der Waals surface area contributed by atoms with Gasteiger partial charge in [-0.25, -0.2) is 0 Å². The fourth-order valence-electron chi connectivity index (χ4n) is 3.29. The zero-order valence-corrected chi connectivity index (χ0v) is 14.9. The van der Waals surface area contributed by atoms with Crippen LogP contribution in [0.1, 0.15) is 36.8 Å². The lowest BCUT2D eigenvalue weighted by Crippen LogP contribution is -1.89. The van der Waals surface area contributed by atoms with Crippen molar-refractivity contribution in [3.63, 3.8) is 0 Å². The van der Waals surface area contributed by atoms with Crippen LogP contribution in [0.2, 0.25) is 0 Å². The first-order valence-corrected chi connectivity index (χ1v) is 9.00. The van der Waals surface area contributed by atoms with Gasteiger partial charge < -0.3 is 0 Å². The lowest BCUT2D eigenvalue weighted by atomic mass is 9.91. The standard InChI is InChI=1S/C26H22/c1-3-5-7-9-15-21-22(16-10-8-6-4-2)24-18-12-14-20-26(24)25-19-13-11-17-23(21)25/h1-2,9-20H,5-8H2/b15-9+,16-10+. The van der Waals surface area contributed by atoms with Crippen LogP contribution in [0.5, 0.6) is 0 Å². The van der Waals surface area contributed by atoms with E-state index in [1.54, 1.807) is 0 Å². The molecule has 0 saturated carbocycles. The highest BCUT2D eigenvalue weighted by atomic mass is 14.1. The number of terminal acetylenes is 2. The van der Waals surface area contributed by atoms with Crippen LogP contribution in [0.15, 0.2) is 60.7 Å².